The maximum Gasteiger partial charge on any atom is 1.00 e. The van der Waals surface area contributed by atoms with Crippen molar-refractivity contribution in [2.24, 2.45) is 0 Å². The topological polar surface area (TPSA) is 124 Å². The first-order chi connectivity index (χ1) is 20.3. The second-order valence-corrected chi connectivity index (χ2v) is 10.3. The Labute approximate surface area is 316 Å². The molecule has 0 saturated heterocycles. The minimum Gasteiger partial charge on any atom is -0.870 e. The van der Waals surface area contributed by atoms with Crippen LogP contribution in [0.1, 0.15) is 49.3 Å². The fourth-order valence-corrected chi connectivity index (χ4v) is 5.83. The van der Waals surface area contributed by atoms with E-state index < -0.39 is 11.4 Å². The number of carboxylic acid groups (broad SMARTS) is 1. The van der Waals surface area contributed by atoms with Crippen molar-refractivity contribution >= 4 is 12.3 Å². The molecular weight excluding hydrogens is 681 g/mol. The van der Waals surface area contributed by atoms with Crippen molar-refractivity contribution in [2.75, 3.05) is 40.6 Å². The molecule has 0 aromatic heterocycles. The van der Waals surface area contributed by atoms with Crippen molar-refractivity contribution in [3.8, 4) is 22.6 Å². The van der Waals surface area contributed by atoms with Crippen LogP contribution in [0.4, 0.5) is 0 Å². The van der Waals surface area contributed by atoms with Crippen LogP contribution < -0.4 is 83.5 Å². The molecule has 0 heterocycles. The van der Waals surface area contributed by atoms with Crippen molar-refractivity contribution < 1.29 is 108 Å². The van der Waals surface area contributed by atoms with E-state index in [2.05, 4.69) is 36.4 Å². The van der Waals surface area contributed by atoms with E-state index in [1.807, 2.05) is 32.3 Å². The summed E-state index contributed by atoms with van der Waals surface area (Å²) in [5.74, 6) is -0.762. The number of carboxylic acids is 1. The summed E-state index contributed by atoms with van der Waals surface area (Å²) < 4.78 is 21.7. The summed E-state index contributed by atoms with van der Waals surface area (Å²) in [6.45, 7) is 5.19. The summed E-state index contributed by atoms with van der Waals surface area (Å²) in [6.07, 6.45) is 2.04. The number of aryl methyl sites for hydroxylation is 2. The molecule has 1 aliphatic carbocycles. The Morgan fingerprint density at radius 3 is 1.73 bits per heavy atom. The monoisotopic (exact) mass is 714 g/mol. The van der Waals surface area contributed by atoms with E-state index in [1.165, 1.54) is 0 Å². The number of carbonyl (C=O) groups is 1. The Hall–Kier alpha value is -2.45. The normalized spacial score (nSPS) is 12.3. The van der Waals surface area contributed by atoms with Crippen LogP contribution in [-0.4, -0.2) is 58.4 Å². The second-order valence-electron chi connectivity index (χ2n) is 10.3. The number of rotatable bonds is 12. The number of hydrogen-bond acceptors (Lipinski definition) is 8. The molecule has 0 bridgehead atoms. The summed E-state index contributed by atoms with van der Waals surface area (Å²) in [4.78, 5) is 24.7. The first-order valence-electron chi connectivity index (χ1n) is 13.7. The molecule has 0 radical (unpaired) electrons. The first kappa shape index (κ1) is 36.0. The van der Waals surface area contributed by atoms with E-state index in [0.29, 0.717) is 24.5 Å². The van der Waals surface area contributed by atoms with Gasteiger partial charge in [0, 0.05) is 25.5 Å². The molecule has 0 atom stereocenters. The van der Waals surface area contributed by atoms with Crippen LogP contribution in [0, 0.1) is 13.8 Å². The van der Waals surface area contributed by atoms with E-state index in [0.717, 1.165) is 38.9 Å². The third kappa shape index (κ3) is 6.72. The molecule has 0 amide bonds. The van der Waals surface area contributed by atoms with Crippen molar-refractivity contribution in [3.63, 3.8) is 0 Å². The predicted octanol–water partition coefficient (Wildman–Crippen LogP) is 1.37. The van der Waals surface area contributed by atoms with Gasteiger partial charge in [-0.1, -0.05) is 71.3 Å². The average molecular weight is 715 g/mol. The number of aromatic carboxylic acids is 1. The van der Waals surface area contributed by atoms with Crippen LogP contribution in [0.25, 0.3) is 11.1 Å². The zero-order valence-corrected chi connectivity index (χ0v) is 31.8. The minimum absolute atomic E-state index is 0. The standard InChI is InChI=1S/C35H33O7.Cs.H2O/c1-22-5-9-27-28-10-6-23(2)18-31(28)35(30(27)17-22,25-7-11-32(24(19-25)21-36)41-15-13-39-3)26-8-12-33(42-16-14-40-4)29(20-26)34(37)38;;/h5-12,17-20H,13-16H2,1-4H3,(H,37,38);;1H2/q-1;+1;/p-2. The molecule has 5 rings (SSSR count). The zero-order valence-electron chi connectivity index (χ0n) is 25.6. The molecule has 44 heavy (non-hydrogen) atoms. The Kier molecular flexibility index (Phi) is 12.9. The molecule has 0 unspecified atom stereocenters. The van der Waals surface area contributed by atoms with Gasteiger partial charge in [0.2, 0.25) is 0 Å². The second kappa shape index (κ2) is 15.7. The quantitative estimate of drug-likeness (QED) is 0.140. The van der Waals surface area contributed by atoms with Crippen molar-refractivity contribution in [1.82, 2.24) is 0 Å². The Balaban J connectivity index is 0.00000264. The molecular formula is C35H33CsO8-2. The summed E-state index contributed by atoms with van der Waals surface area (Å²) >= 11 is 0. The number of benzene rings is 4. The van der Waals surface area contributed by atoms with Gasteiger partial charge in [-0.25, -0.2) is 0 Å². The van der Waals surface area contributed by atoms with Crippen molar-refractivity contribution in [2.45, 2.75) is 19.3 Å². The average Bonchev–Trinajstić information content (AvgIpc) is 3.26. The van der Waals surface area contributed by atoms with E-state index in [9.17, 15) is 14.7 Å². The Morgan fingerprint density at radius 1 is 0.727 bits per heavy atom. The molecule has 0 aliphatic heterocycles. The van der Waals surface area contributed by atoms with Crippen LogP contribution in [0.2, 0.25) is 0 Å². The largest absolute Gasteiger partial charge is 1.00 e. The molecule has 8 nitrogen and oxygen atoms in total. The van der Waals surface area contributed by atoms with E-state index in [1.54, 1.807) is 38.5 Å². The fraction of sp³-hybridized carbons (Fsp3) is 0.257. The maximum absolute atomic E-state index is 12.4. The van der Waals surface area contributed by atoms with Gasteiger partial charge < -0.3 is 39.1 Å². The summed E-state index contributed by atoms with van der Waals surface area (Å²) in [7, 11) is 3.13. The van der Waals surface area contributed by atoms with Gasteiger partial charge in [0.05, 0.1) is 37.5 Å². The van der Waals surface area contributed by atoms with Gasteiger partial charge in [-0.05, 0) is 53.8 Å². The summed E-state index contributed by atoms with van der Waals surface area (Å²) in [5, 5.41) is 12.4. The number of carbonyl (C=O) groups excluding carboxylic acids is 2. The molecule has 4 aromatic carbocycles. The first-order valence-corrected chi connectivity index (χ1v) is 13.7. The Bertz CT molecular complexity index is 1600. The van der Waals surface area contributed by atoms with Crippen LogP contribution in [0.3, 0.4) is 0 Å². The molecule has 224 valence electrons. The van der Waals surface area contributed by atoms with Gasteiger partial charge in [0.25, 0.3) is 0 Å². The third-order valence-electron chi connectivity index (χ3n) is 7.69. The number of methoxy groups -OCH3 is 2. The van der Waals surface area contributed by atoms with E-state index >= 15 is 0 Å². The molecule has 0 spiro atoms. The van der Waals surface area contributed by atoms with Gasteiger partial charge in [-0.3, -0.25) is 0 Å². The van der Waals surface area contributed by atoms with Crippen LogP contribution in [0.15, 0.2) is 72.8 Å². The minimum atomic E-state index is -1.35. The van der Waals surface area contributed by atoms with E-state index in [-0.39, 0.29) is 104 Å². The van der Waals surface area contributed by atoms with Gasteiger partial charge >= 0.3 is 68.9 Å². The van der Waals surface area contributed by atoms with Crippen molar-refractivity contribution in [1.29, 1.82) is 0 Å². The molecule has 9 heteroatoms. The fourth-order valence-electron chi connectivity index (χ4n) is 5.83. The van der Waals surface area contributed by atoms with Gasteiger partial charge in [0.15, 0.2) is 0 Å². The number of hydrogen-bond donors (Lipinski definition) is 0. The molecule has 1 N–H and O–H groups in total. The molecule has 0 fully saturated rings. The predicted molar refractivity (Wildman–Crippen MR) is 159 cm³/mol. The van der Waals surface area contributed by atoms with Crippen molar-refractivity contribution in [3.05, 3.63) is 117 Å². The van der Waals surface area contributed by atoms with Gasteiger partial charge in [-0.15, -0.1) is 5.56 Å². The van der Waals surface area contributed by atoms with Gasteiger partial charge in [0.1, 0.15) is 12.4 Å². The maximum atomic E-state index is 12.4. The molecule has 1 aliphatic rings. The summed E-state index contributed by atoms with van der Waals surface area (Å²) in [6, 6.07) is 23.2. The van der Waals surface area contributed by atoms with E-state index in [4.69, 9.17) is 18.9 Å². The number of ether oxygens (including phenoxy) is 4. The smallest absolute Gasteiger partial charge is 0.870 e. The van der Waals surface area contributed by atoms with Gasteiger partial charge in [-0.2, -0.15) is 6.07 Å². The number of fused-ring (bicyclic) bond motifs is 3. The molecule has 0 saturated carbocycles. The van der Waals surface area contributed by atoms with Crippen LogP contribution in [-0.2, 0) is 19.7 Å². The zero-order chi connectivity index (χ0) is 29.9. The van der Waals surface area contributed by atoms with Crippen LogP contribution >= 0.6 is 0 Å². The van der Waals surface area contributed by atoms with Crippen LogP contribution in [0.5, 0.6) is 11.5 Å². The Morgan fingerprint density at radius 2 is 1.23 bits per heavy atom. The summed E-state index contributed by atoms with van der Waals surface area (Å²) in [5.41, 5.74) is 6.80. The third-order valence-corrected chi connectivity index (χ3v) is 7.69. The molecule has 4 aromatic rings. The SMILES string of the molecule is COCCOc1ccc(C2(c3ccc(OCCOC)c(C(=O)[O-])c3)c3cc(C)ccc3-c3ccc(C)cc32)cc1[C-]=O.[Cs+].[OH-].